The van der Waals surface area contributed by atoms with E-state index >= 15 is 0 Å². The average Bonchev–Trinajstić information content (AvgIpc) is 3.00. The van der Waals surface area contributed by atoms with Crippen LogP contribution in [0.4, 0.5) is 5.69 Å². The normalized spacial score (nSPS) is 12.5. The van der Waals surface area contributed by atoms with E-state index in [1.165, 1.54) is 0 Å². The van der Waals surface area contributed by atoms with E-state index in [1.807, 2.05) is 30.3 Å². The lowest BCUT2D eigenvalue weighted by molar-refractivity contribution is 0.104. The maximum Gasteiger partial charge on any atom is 0.196 e. The van der Waals surface area contributed by atoms with E-state index in [9.17, 15) is 4.79 Å². The summed E-state index contributed by atoms with van der Waals surface area (Å²) in [6.07, 6.45) is 0. The van der Waals surface area contributed by atoms with Crippen molar-refractivity contribution in [1.29, 1.82) is 0 Å². The molecule has 0 amide bonds. The number of carbonyl (C=O) groups excluding carboxylic acids is 1. The van der Waals surface area contributed by atoms with Crippen molar-refractivity contribution < 1.29 is 14.1 Å². The zero-order valence-corrected chi connectivity index (χ0v) is 13.9. The van der Waals surface area contributed by atoms with Gasteiger partial charge in [0.2, 0.25) is 0 Å². The van der Waals surface area contributed by atoms with Gasteiger partial charge < -0.3 is 14.6 Å². The van der Waals surface area contributed by atoms with Crippen LogP contribution in [0.15, 0.2) is 39.3 Å². The standard InChI is InChI=1S/C17H13BrN2O3/c1-22-7-6-19-12-8-11(18)15-14-13(12)16(21)9-4-2-3-5-10(9)17(14)23-20-15/h2-5,8,19H,6-7H2,1H3. The molecule has 1 aliphatic carbocycles. The number of hydrogen-bond donors (Lipinski definition) is 1. The van der Waals surface area contributed by atoms with Crippen LogP contribution in [0.3, 0.4) is 0 Å². The zero-order chi connectivity index (χ0) is 16.0. The third kappa shape index (κ3) is 2.09. The number of ether oxygens (including phenoxy) is 1. The highest BCUT2D eigenvalue weighted by Gasteiger charge is 2.32. The number of ketones is 1. The second-order valence-corrected chi connectivity index (χ2v) is 6.16. The van der Waals surface area contributed by atoms with Crippen molar-refractivity contribution in [2.45, 2.75) is 0 Å². The highest BCUT2D eigenvalue weighted by Crippen LogP contribution is 2.44. The SMILES string of the molecule is COCCNc1cc(Br)c2noc3c2c1C(=O)c1ccccc1-3. The van der Waals surface area contributed by atoms with Crippen LogP contribution in [-0.2, 0) is 4.74 Å². The van der Waals surface area contributed by atoms with Crippen LogP contribution in [0.25, 0.3) is 22.2 Å². The van der Waals surface area contributed by atoms with Gasteiger partial charge in [0.25, 0.3) is 0 Å². The van der Waals surface area contributed by atoms with Crippen molar-refractivity contribution in [1.82, 2.24) is 5.16 Å². The Morgan fingerprint density at radius 1 is 1.30 bits per heavy atom. The summed E-state index contributed by atoms with van der Waals surface area (Å²) in [5, 5.41) is 8.15. The Morgan fingerprint density at radius 2 is 2.09 bits per heavy atom. The van der Waals surface area contributed by atoms with E-state index < -0.39 is 0 Å². The molecule has 0 unspecified atom stereocenters. The first-order valence-electron chi connectivity index (χ1n) is 7.21. The molecule has 5 nitrogen and oxygen atoms in total. The second-order valence-electron chi connectivity index (χ2n) is 5.31. The van der Waals surface area contributed by atoms with Crippen molar-refractivity contribution in [2.24, 2.45) is 0 Å². The summed E-state index contributed by atoms with van der Waals surface area (Å²) >= 11 is 3.51. The molecule has 0 saturated carbocycles. The molecule has 116 valence electrons. The monoisotopic (exact) mass is 372 g/mol. The van der Waals surface area contributed by atoms with Crippen LogP contribution in [0.1, 0.15) is 15.9 Å². The van der Waals surface area contributed by atoms with E-state index in [-0.39, 0.29) is 5.78 Å². The highest BCUT2D eigenvalue weighted by molar-refractivity contribution is 9.10. The molecule has 1 N–H and O–H groups in total. The molecule has 3 aromatic rings. The molecule has 0 fully saturated rings. The number of carbonyl (C=O) groups is 1. The number of anilines is 1. The van der Waals surface area contributed by atoms with Gasteiger partial charge in [0.05, 0.1) is 17.6 Å². The molecule has 0 bridgehead atoms. The van der Waals surface area contributed by atoms with Gasteiger partial charge in [-0.2, -0.15) is 0 Å². The van der Waals surface area contributed by atoms with Crippen LogP contribution in [-0.4, -0.2) is 31.2 Å². The fourth-order valence-electron chi connectivity index (χ4n) is 2.95. The molecule has 0 saturated heterocycles. The van der Waals surface area contributed by atoms with Crippen LogP contribution >= 0.6 is 15.9 Å². The van der Waals surface area contributed by atoms with Crippen LogP contribution in [0, 0.1) is 0 Å². The molecule has 1 aromatic heterocycles. The van der Waals surface area contributed by atoms with Crippen LogP contribution < -0.4 is 5.32 Å². The topological polar surface area (TPSA) is 64.4 Å². The number of methoxy groups -OCH3 is 1. The minimum atomic E-state index is -0.0197. The maximum absolute atomic E-state index is 13.0. The minimum Gasteiger partial charge on any atom is -0.383 e. The first kappa shape index (κ1) is 14.4. The smallest absolute Gasteiger partial charge is 0.196 e. The first-order valence-corrected chi connectivity index (χ1v) is 8.00. The summed E-state index contributed by atoms with van der Waals surface area (Å²) in [5.74, 6) is 0.620. The van der Waals surface area contributed by atoms with Gasteiger partial charge in [-0.15, -0.1) is 0 Å². The molecular weight excluding hydrogens is 360 g/mol. The number of rotatable bonds is 4. The van der Waals surface area contributed by atoms with Crippen molar-refractivity contribution in [3.63, 3.8) is 0 Å². The van der Waals surface area contributed by atoms with E-state index in [2.05, 4.69) is 26.4 Å². The summed E-state index contributed by atoms with van der Waals surface area (Å²) < 4.78 is 11.4. The van der Waals surface area contributed by atoms with Crippen LogP contribution in [0.5, 0.6) is 0 Å². The number of hydrogen-bond acceptors (Lipinski definition) is 5. The Morgan fingerprint density at radius 3 is 2.87 bits per heavy atom. The van der Waals surface area contributed by atoms with Gasteiger partial charge in [-0.3, -0.25) is 4.79 Å². The molecule has 6 heteroatoms. The number of fused-ring (bicyclic) bond motifs is 2. The van der Waals surface area contributed by atoms with Gasteiger partial charge >= 0.3 is 0 Å². The Balaban J connectivity index is 1.99. The minimum absolute atomic E-state index is 0.0197. The molecule has 1 heterocycles. The van der Waals surface area contributed by atoms with Crippen molar-refractivity contribution >= 4 is 38.3 Å². The molecule has 0 atom stereocenters. The van der Waals surface area contributed by atoms with Gasteiger partial charge in [-0.1, -0.05) is 29.4 Å². The number of halogens is 1. The van der Waals surface area contributed by atoms with Gasteiger partial charge in [-0.05, 0) is 22.0 Å². The summed E-state index contributed by atoms with van der Waals surface area (Å²) in [6.45, 7) is 1.16. The number of benzene rings is 2. The van der Waals surface area contributed by atoms with Gasteiger partial charge in [-0.25, -0.2) is 0 Å². The number of nitrogens with zero attached hydrogens (tertiary/aromatic N) is 1. The molecule has 0 aliphatic heterocycles. The lowest BCUT2D eigenvalue weighted by Crippen LogP contribution is -2.15. The third-order valence-electron chi connectivity index (χ3n) is 3.97. The number of aromatic nitrogens is 1. The summed E-state index contributed by atoms with van der Waals surface area (Å²) in [4.78, 5) is 13.0. The summed E-state index contributed by atoms with van der Waals surface area (Å²) in [7, 11) is 1.64. The Labute approximate surface area is 140 Å². The fourth-order valence-corrected chi connectivity index (χ4v) is 3.45. The Bertz CT molecular complexity index is 933. The molecule has 1 aliphatic rings. The largest absolute Gasteiger partial charge is 0.383 e. The van der Waals surface area contributed by atoms with E-state index in [0.29, 0.717) is 35.6 Å². The average molecular weight is 373 g/mol. The first-order chi connectivity index (χ1) is 11.2. The van der Waals surface area contributed by atoms with Gasteiger partial charge in [0, 0.05) is 34.9 Å². The predicted octanol–water partition coefficient (Wildman–Crippen LogP) is 3.86. The van der Waals surface area contributed by atoms with E-state index in [4.69, 9.17) is 9.26 Å². The van der Waals surface area contributed by atoms with Crippen molar-refractivity contribution in [3.05, 3.63) is 45.9 Å². The molecular formula is C17H13BrN2O3. The lowest BCUT2D eigenvalue weighted by Gasteiger charge is -2.18. The fraction of sp³-hybridized carbons (Fsp3) is 0.176. The van der Waals surface area contributed by atoms with Crippen LogP contribution in [0.2, 0.25) is 0 Å². The molecule has 23 heavy (non-hydrogen) atoms. The van der Waals surface area contributed by atoms with Crippen molar-refractivity contribution in [3.8, 4) is 11.3 Å². The maximum atomic E-state index is 13.0. The number of nitrogens with one attached hydrogen (secondary N) is 1. The van der Waals surface area contributed by atoms with E-state index in [0.717, 1.165) is 21.1 Å². The molecule has 2 aromatic carbocycles. The molecule has 0 spiro atoms. The molecule has 0 radical (unpaired) electrons. The summed E-state index contributed by atoms with van der Waals surface area (Å²) in [6, 6.07) is 9.31. The zero-order valence-electron chi connectivity index (χ0n) is 12.4. The third-order valence-corrected chi connectivity index (χ3v) is 4.58. The molecule has 4 rings (SSSR count). The second kappa shape index (κ2) is 5.47. The quantitative estimate of drug-likeness (QED) is 0.551. The van der Waals surface area contributed by atoms with E-state index in [1.54, 1.807) is 7.11 Å². The Kier molecular flexibility index (Phi) is 3.43. The Hall–Kier alpha value is -2.18. The van der Waals surface area contributed by atoms with Crippen molar-refractivity contribution in [2.75, 3.05) is 25.6 Å². The lowest BCUT2D eigenvalue weighted by atomic mass is 9.87. The summed E-state index contributed by atoms with van der Waals surface area (Å²) in [5.41, 5.74) is 3.44. The highest BCUT2D eigenvalue weighted by atomic mass is 79.9. The van der Waals surface area contributed by atoms with Gasteiger partial charge in [0.15, 0.2) is 11.5 Å². The predicted molar refractivity (Wildman–Crippen MR) is 90.9 cm³/mol. The van der Waals surface area contributed by atoms with Gasteiger partial charge in [0.1, 0.15) is 5.52 Å².